The molecule has 1 amide bonds. The first-order valence-corrected chi connectivity index (χ1v) is 7.09. The summed E-state index contributed by atoms with van der Waals surface area (Å²) in [6.07, 6.45) is 0. The second-order valence-electron chi connectivity index (χ2n) is 4.58. The predicted molar refractivity (Wildman–Crippen MR) is 85.7 cm³/mol. The van der Waals surface area contributed by atoms with Crippen LogP contribution in [0.15, 0.2) is 52.9 Å². The van der Waals surface area contributed by atoms with Crippen LogP contribution >= 0.6 is 11.6 Å². The number of aromatic nitrogens is 2. The molecule has 0 saturated carbocycles. The number of hydrogen-bond donors (Lipinski definition) is 1. The highest BCUT2D eigenvalue weighted by Gasteiger charge is 2.18. The predicted octanol–water partition coefficient (Wildman–Crippen LogP) is 3.65. The lowest BCUT2D eigenvalue weighted by atomic mass is 10.2. The quantitative estimate of drug-likeness (QED) is 0.790. The van der Waals surface area contributed by atoms with Crippen LogP contribution in [0.25, 0.3) is 11.5 Å². The molecule has 0 aliphatic rings. The Morgan fingerprint density at radius 1 is 1.17 bits per heavy atom. The molecule has 3 aromatic rings. The van der Waals surface area contributed by atoms with Crippen molar-refractivity contribution in [3.05, 3.63) is 59.4 Å². The molecule has 0 spiro atoms. The number of methoxy groups -OCH3 is 1. The van der Waals surface area contributed by atoms with E-state index in [9.17, 15) is 4.79 Å². The number of carbonyl (C=O) groups excluding carboxylic acids is 1. The summed E-state index contributed by atoms with van der Waals surface area (Å²) in [6.45, 7) is 0. The molecular weight excluding hydrogens is 318 g/mol. The number of halogens is 1. The SMILES string of the molecule is COc1ccccc1-c1nnc(C(=O)Nc2cccc(Cl)c2)o1. The summed E-state index contributed by atoms with van der Waals surface area (Å²) < 4.78 is 10.7. The van der Waals surface area contributed by atoms with Crippen molar-refractivity contribution in [1.29, 1.82) is 0 Å². The summed E-state index contributed by atoms with van der Waals surface area (Å²) >= 11 is 5.88. The van der Waals surface area contributed by atoms with Crippen molar-refractivity contribution in [2.75, 3.05) is 12.4 Å². The molecule has 0 aliphatic carbocycles. The smallest absolute Gasteiger partial charge is 0.313 e. The molecule has 0 unspecified atom stereocenters. The molecule has 0 saturated heterocycles. The van der Waals surface area contributed by atoms with Gasteiger partial charge in [0, 0.05) is 10.7 Å². The van der Waals surface area contributed by atoms with Crippen molar-refractivity contribution >= 4 is 23.2 Å². The van der Waals surface area contributed by atoms with Gasteiger partial charge in [-0.1, -0.05) is 29.8 Å². The molecule has 7 heteroatoms. The lowest BCUT2D eigenvalue weighted by Crippen LogP contribution is -2.12. The number of benzene rings is 2. The fourth-order valence-corrected chi connectivity index (χ4v) is 2.19. The normalized spacial score (nSPS) is 10.3. The van der Waals surface area contributed by atoms with Crippen molar-refractivity contribution < 1.29 is 13.9 Å². The Kier molecular flexibility index (Phi) is 4.25. The average molecular weight is 330 g/mol. The largest absolute Gasteiger partial charge is 0.496 e. The zero-order chi connectivity index (χ0) is 16.2. The van der Waals surface area contributed by atoms with Crippen molar-refractivity contribution in [2.45, 2.75) is 0 Å². The Morgan fingerprint density at radius 2 is 2.00 bits per heavy atom. The summed E-state index contributed by atoms with van der Waals surface area (Å²) in [5, 5.41) is 10.8. The van der Waals surface area contributed by atoms with Crippen LogP contribution in [0, 0.1) is 0 Å². The van der Waals surface area contributed by atoms with Gasteiger partial charge in [0.2, 0.25) is 0 Å². The minimum absolute atomic E-state index is 0.147. The number of hydrogen-bond acceptors (Lipinski definition) is 5. The molecule has 6 nitrogen and oxygen atoms in total. The zero-order valence-corrected chi connectivity index (χ0v) is 12.9. The maximum atomic E-state index is 12.1. The van der Waals surface area contributed by atoms with E-state index < -0.39 is 5.91 Å². The molecule has 1 N–H and O–H groups in total. The first-order chi connectivity index (χ1) is 11.2. The Balaban J connectivity index is 1.83. The van der Waals surface area contributed by atoms with Crippen LogP contribution in [-0.4, -0.2) is 23.2 Å². The number of nitrogens with zero attached hydrogens (tertiary/aromatic N) is 2. The summed E-state index contributed by atoms with van der Waals surface area (Å²) in [4.78, 5) is 12.1. The third-order valence-electron chi connectivity index (χ3n) is 3.04. The van der Waals surface area contributed by atoms with E-state index in [4.69, 9.17) is 20.8 Å². The second kappa shape index (κ2) is 6.50. The number of amides is 1. The minimum Gasteiger partial charge on any atom is -0.496 e. The van der Waals surface area contributed by atoms with E-state index >= 15 is 0 Å². The summed E-state index contributed by atoms with van der Waals surface area (Å²) in [6, 6.07) is 13.9. The maximum Gasteiger partial charge on any atom is 0.313 e. The number of para-hydroxylation sites is 1. The molecule has 23 heavy (non-hydrogen) atoms. The fraction of sp³-hybridized carbons (Fsp3) is 0.0625. The second-order valence-corrected chi connectivity index (χ2v) is 5.01. The Morgan fingerprint density at radius 3 is 2.78 bits per heavy atom. The molecule has 0 radical (unpaired) electrons. The molecule has 0 fully saturated rings. The topological polar surface area (TPSA) is 77.2 Å². The highest BCUT2D eigenvalue weighted by atomic mass is 35.5. The highest BCUT2D eigenvalue weighted by Crippen LogP contribution is 2.28. The number of nitrogens with one attached hydrogen (secondary N) is 1. The van der Waals surface area contributed by atoms with Crippen molar-refractivity contribution in [1.82, 2.24) is 10.2 Å². The fourth-order valence-electron chi connectivity index (χ4n) is 2.00. The van der Waals surface area contributed by atoms with Crippen LogP contribution in [-0.2, 0) is 0 Å². The highest BCUT2D eigenvalue weighted by molar-refractivity contribution is 6.30. The molecule has 3 rings (SSSR count). The third-order valence-corrected chi connectivity index (χ3v) is 3.27. The standard InChI is InChI=1S/C16H12ClN3O3/c1-22-13-8-3-2-7-12(13)15-19-20-16(23-15)14(21)18-11-6-4-5-10(17)9-11/h2-9H,1H3,(H,18,21). The van der Waals surface area contributed by atoms with Crippen molar-refractivity contribution in [2.24, 2.45) is 0 Å². The van der Waals surface area contributed by atoms with Gasteiger partial charge in [0.15, 0.2) is 0 Å². The van der Waals surface area contributed by atoms with Gasteiger partial charge < -0.3 is 14.5 Å². The summed E-state index contributed by atoms with van der Waals surface area (Å²) in [5.74, 6) is 0.128. The Bertz CT molecular complexity index is 848. The lowest BCUT2D eigenvalue weighted by Gasteiger charge is -2.03. The maximum absolute atomic E-state index is 12.1. The molecule has 116 valence electrons. The van der Waals surface area contributed by atoms with E-state index in [0.29, 0.717) is 22.0 Å². The summed E-state index contributed by atoms with van der Waals surface area (Å²) in [7, 11) is 1.54. The van der Waals surface area contributed by atoms with E-state index in [0.717, 1.165) is 0 Å². The molecular formula is C16H12ClN3O3. The van der Waals surface area contributed by atoms with E-state index in [2.05, 4.69) is 15.5 Å². The molecule has 0 bridgehead atoms. The molecule has 2 aromatic carbocycles. The van der Waals surface area contributed by atoms with Gasteiger partial charge in [-0.05, 0) is 30.3 Å². The van der Waals surface area contributed by atoms with Gasteiger partial charge in [0.05, 0.1) is 12.7 Å². The monoisotopic (exact) mass is 329 g/mol. The van der Waals surface area contributed by atoms with Crippen LogP contribution in [0.2, 0.25) is 5.02 Å². The minimum atomic E-state index is -0.513. The Labute approximate surface area is 137 Å². The lowest BCUT2D eigenvalue weighted by molar-refractivity contribution is 0.0991. The van der Waals surface area contributed by atoms with Gasteiger partial charge in [-0.15, -0.1) is 10.2 Å². The van der Waals surface area contributed by atoms with Crippen molar-refractivity contribution in [3.63, 3.8) is 0 Å². The van der Waals surface area contributed by atoms with Gasteiger partial charge in [-0.3, -0.25) is 4.79 Å². The van der Waals surface area contributed by atoms with Crippen LogP contribution in [0.3, 0.4) is 0 Å². The first-order valence-electron chi connectivity index (χ1n) is 6.71. The van der Waals surface area contributed by atoms with E-state index in [1.54, 1.807) is 43.5 Å². The number of rotatable bonds is 4. The van der Waals surface area contributed by atoms with E-state index in [-0.39, 0.29) is 11.8 Å². The average Bonchev–Trinajstić information content (AvgIpc) is 3.05. The van der Waals surface area contributed by atoms with Crippen LogP contribution < -0.4 is 10.1 Å². The third kappa shape index (κ3) is 3.32. The number of ether oxygens (including phenoxy) is 1. The van der Waals surface area contributed by atoms with Gasteiger partial charge in [-0.25, -0.2) is 0 Å². The van der Waals surface area contributed by atoms with Gasteiger partial charge in [-0.2, -0.15) is 0 Å². The van der Waals surface area contributed by atoms with Crippen LogP contribution in [0.5, 0.6) is 5.75 Å². The van der Waals surface area contributed by atoms with Crippen LogP contribution in [0.1, 0.15) is 10.7 Å². The van der Waals surface area contributed by atoms with Gasteiger partial charge in [0.25, 0.3) is 5.89 Å². The zero-order valence-electron chi connectivity index (χ0n) is 12.1. The van der Waals surface area contributed by atoms with E-state index in [1.807, 2.05) is 12.1 Å². The molecule has 1 aromatic heterocycles. The Hall–Kier alpha value is -2.86. The van der Waals surface area contributed by atoms with Gasteiger partial charge >= 0.3 is 11.8 Å². The van der Waals surface area contributed by atoms with Gasteiger partial charge in [0.1, 0.15) is 5.75 Å². The van der Waals surface area contributed by atoms with E-state index in [1.165, 1.54) is 0 Å². The molecule has 0 atom stereocenters. The number of anilines is 1. The first kappa shape index (κ1) is 15.1. The molecule has 1 heterocycles. The molecule has 0 aliphatic heterocycles. The van der Waals surface area contributed by atoms with Crippen molar-refractivity contribution in [3.8, 4) is 17.2 Å². The summed E-state index contributed by atoms with van der Waals surface area (Å²) in [5.41, 5.74) is 1.16. The number of carbonyl (C=O) groups is 1. The van der Waals surface area contributed by atoms with Crippen LogP contribution in [0.4, 0.5) is 5.69 Å².